The third kappa shape index (κ3) is 3.65. The zero-order chi connectivity index (χ0) is 14.5. The number of ether oxygens (including phenoxy) is 1. The van der Waals surface area contributed by atoms with Gasteiger partial charge in [-0.3, -0.25) is 4.79 Å². The van der Waals surface area contributed by atoms with Gasteiger partial charge in [-0.2, -0.15) is 0 Å². The first-order valence-corrected chi connectivity index (χ1v) is 6.47. The van der Waals surface area contributed by atoms with Crippen LogP contribution in [0.5, 0.6) is 5.75 Å². The summed E-state index contributed by atoms with van der Waals surface area (Å²) in [5, 5.41) is 3.32. The van der Waals surface area contributed by atoms with Crippen molar-refractivity contribution in [3.63, 3.8) is 0 Å². The Bertz CT molecular complexity index is 629. The molecule has 0 aliphatic heterocycles. The van der Waals surface area contributed by atoms with Crippen molar-refractivity contribution in [2.24, 2.45) is 0 Å². The van der Waals surface area contributed by atoms with Gasteiger partial charge in [-0.15, -0.1) is 0 Å². The highest BCUT2D eigenvalue weighted by Gasteiger charge is 2.06. The molecule has 0 spiro atoms. The Morgan fingerprint density at radius 1 is 1.30 bits per heavy atom. The van der Waals surface area contributed by atoms with Crippen molar-refractivity contribution >= 4 is 28.9 Å². The summed E-state index contributed by atoms with van der Waals surface area (Å²) in [7, 11) is 0. The summed E-state index contributed by atoms with van der Waals surface area (Å²) >= 11 is 5.93. The van der Waals surface area contributed by atoms with Crippen LogP contribution in [0.1, 0.15) is 12.5 Å². The molecule has 0 atom stereocenters. The number of hydrogen-bond donors (Lipinski definition) is 2. The Kier molecular flexibility index (Phi) is 4.48. The number of nitrogen functional groups attached to an aromatic ring is 1. The molecule has 0 saturated heterocycles. The lowest BCUT2D eigenvalue weighted by Gasteiger charge is -2.12. The molecular formula is C15H15ClN2O2. The molecular weight excluding hydrogens is 276 g/mol. The number of nitrogens with one attached hydrogen (secondary N) is 1. The van der Waals surface area contributed by atoms with Gasteiger partial charge in [-0.25, -0.2) is 0 Å². The third-order valence-electron chi connectivity index (χ3n) is 2.69. The molecule has 0 heterocycles. The van der Waals surface area contributed by atoms with Crippen LogP contribution in [0.2, 0.25) is 5.02 Å². The van der Waals surface area contributed by atoms with Crippen LogP contribution >= 0.6 is 11.6 Å². The lowest BCUT2D eigenvalue weighted by molar-refractivity contribution is -0.114. The first-order chi connectivity index (χ1) is 9.56. The lowest BCUT2D eigenvalue weighted by atomic mass is 10.2. The van der Waals surface area contributed by atoms with Gasteiger partial charge in [0.1, 0.15) is 12.4 Å². The summed E-state index contributed by atoms with van der Waals surface area (Å²) < 4.78 is 5.71. The van der Waals surface area contributed by atoms with E-state index in [1.165, 1.54) is 6.92 Å². The molecule has 0 aromatic heterocycles. The quantitative estimate of drug-likeness (QED) is 0.848. The van der Waals surface area contributed by atoms with Crippen LogP contribution in [0.15, 0.2) is 42.5 Å². The molecule has 0 fully saturated rings. The van der Waals surface area contributed by atoms with E-state index >= 15 is 0 Å². The van der Waals surface area contributed by atoms with Gasteiger partial charge in [0.05, 0.1) is 5.69 Å². The largest absolute Gasteiger partial charge is 0.487 e. The van der Waals surface area contributed by atoms with Crippen molar-refractivity contribution in [3.8, 4) is 5.75 Å². The number of benzene rings is 2. The summed E-state index contributed by atoms with van der Waals surface area (Å²) in [5.74, 6) is 0.436. The van der Waals surface area contributed by atoms with Crippen molar-refractivity contribution in [2.45, 2.75) is 13.5 Å². The molecule has 0 saturated carbocycles. The van der Waals surface area contributed by atoms with E-state index in [4.69, 9.17) is 22.1 Å². The summed E-state index contributed by atoms with van der Waals surface area (Å²) in [6, 6.07) is 12.4. The molecule has 0 bridgehead atoms. The first kappa shape index (κ1) is 14.2. The smallest absolute Gasteiger partial charge is 0.221 e. The number of carbonyl (C=O) groups is 1. The summed E-state index contributed by atoms with van der Waals surface area (Å²) in [4.78, 5) is 11.1. The molecule has 0 aliphatic rings. The highest BCUT2D eigenvalue weighted by Crippen LogP contribution is 2.26. The van der Waals surface area contributed by atoms with Crippen LogP contribution in [0.3, 0.4) is 0 Å². The Morgan fingerprint density at radius 2 is 2.05 bits per heavy atom. The number of halogens is 1. The van der Waals surface area contributed by atoms with Gasteiger partial charge in [0, 0.05) is 23.2 Å². The van der Waals surface area contributed by atoms with E-state index in [0.29, 0.717) is 22.1 Å². The van der Waals surface area contributed by atoms with Gasteiger partial charge in [0.25, 0.3) is 0 Å². The van der Waals surface area contributed by atoms with Gasteiger partial charge in [-0.1, -0.05) is 23.7 Å². The van der Waals surface area contributed by atoms with Crippen molar-refractivity contribution in [2.75, 3.05) is 11.1 Å². The van der Waals surface area contributed by atoms with Gasteiger partial charge in [-0.05, 0) is 30.3 Å². The monoisotopic (exact) mass is 290 g/mol. The summed E-state index contributed by atoms with van der Waals surface area (Å²) in [5.41, 5.74) is 7.91. The number of carbonyl (C=O) groups excluding carboxylic acids is 1. The maximum Gasteiger partial charge on any atom is 0.221 e. The van der Waals surface area contributed by atoms with E-state index in [2.05, 4.69) is 5.32 Å². The molecule has 2 rings (SSSR count). The zero-order valence-electron chi connectivity index (χ0n) is 11.0. The topological polar surface area (TPSA) is 64.3 Å². The SMILES string of the molecule is CC(=O)Nc1ccccc1OCc1cc(Cl)ccc1N. The average molecular weight is 291 g/mol. The van der Waals surface area contributed by atoms with Gasteiger partial charge < -0.3 is 15.8 Å². The Balaban J connectivity index is 2.14. The van der Waals surface area contributed by atoms with Crippen LogP contribution < -0.4 is 15.8 Å². The van der Waals surface area contributed by atoms with Crippen LogP contribution in [-0.4, -0.2) is 5.91 Å². The predicted molar refractivity (Wildman–Crippen MR) is 80.9 cm³/mol. The van der Waals surface area contributed by atoms with Crippen LogP contribution in [0, 0.1) is 0 Å². The minimum atomic E-state index is -0.150. The van der Waals surface area contributed by atoms with Crippen molar-refractivity contribution < 1.29 is 9.53 Å². The molecule has 5 heteroatoms. The number of amides is 1. The van der Waals surface area contributed by atoms with E-state index in [-0.39, 0.29) is 12.5 Å². The molecule has 0 radical (unpaired) electrons. The highest BCUT2D eigenvalue weighted by atomic mass is 35.5. The van der Waals surface area contributed by atoms with E-state index in [1.807, 2.05) is 12.1 Å². The highest BCUT2D eigenvalue weighted by molar-refractivity contribution is 6.30. The molecule has 2 aromatic rings. The number of rotatable bonds is 4. The van der Waals surface area contributed by atoms with Gasteiger partial charge >= 0.3 is 0 Å². The van der Waals surface area contributed by atoms with Crippen LogP contribution in [-0.2, 0) is 11.4 Å². The maximum atomic E-state index is 11.1. The molecule has 0 unspecified atom stereocenters. The fourth-order valence-electron chi connectivity index (χ4n) is 1.74. The van der Waals surface area contributed by atoms with Crippen molar-refractivity contribution in [1.82, 2.24) is 0 Å². The second-order valence-corrected chi connectivity index (χ2v) is 4.75. The van der Waals surface area contributed by atoms with E-state index in [1.54, 1.807) is 30.3 Å². The number of hydrogen-bond acceptors (Lipinski definition) is 3. The lowest BCUT2D eigenvalue weighted by Crippen LogP contribution is -2.08. The molecule has 3 N–H and O–H groups in total. The van der Waals surface area contributed by atoms with Crippen LogP contribution in [0.4, 0.5) is 11.4 Å². The zero-order valence-corrected chi connectivity index (χ0v) is 11.8. The Labute approximate surface area is 122 Å². The molecule has 104 valence electrons. The minimum absolute atomic E-state index is 0.150. The van der Waals surface area contributed by atoms with Crippen molar-refractivity contribution in [3.05, 3.63) is 53.1 Å². The molecule has 0 aliphatic carbocycles. The first-order valence-electron chi connectivity index (χ1n) is 6.09. The minimum Gasteiger partial charge on any atom is -0.487 e. The van der Waals surface area contributed by atoms with Crippen molar-refractivity contribution in [1.29, 1.82) is 0 Å². The van der Waals surface area contributed by atoms with E-state index in [0.717, 1.165) is 5.56 Å². The number of para-hydroxylation sites is 2. The standard InChI is InChI=1S/C15H15ClN2O2/c1-10(19)18-14-4-2-3-5-15(14)20-9-11-8-12(16)6-7-13(11)17/h2-8H,9,17H2,1H3,(H,18,19). The molecule has 1 amide bonds. The summed E-state index contributed by atoms with van der Waals surface area (Å²) in [6.07, 6.45) is 0. The molecule has 2 aromatic carbocycles. The Morgan fingerprint density at radius 3 is 2.80 bits per heavy atom. The molecule has 4 nitrogen and oxygen atoms in total. The second kappa shape index (κ2) is 6.30. The van der Waals surface area contributed by atoms with Gasteiger partial charge in [0.2, 0.25) is 5.91 Å². The second-order valence-electron chi connectivity index (χ2n) is 4.31. The normalized spacial score (nSPS) is 10.1. The predicted octanol–water partition coefficient (Wildman–Crippen LogP) is 3.46. The van der Waals surface area contributed by atoms with E-state index in [9.17, 15) is 4.79 Å². The molecule has 20 heavy (non-hydrogen) atoms. The van der Waals surface area contributed by atoms with Gasteiger partial charge in [0.15, 0.2) is 0 Å². The number of nitrogens with two attached hydrogens (primary N) is 1. The van der Waals surface area contributed by atoms with E-state index < -0.39 is 0 Å². The average Bonchev–Trinajstić information content (AvgIpc) is 2.41. The maximum absolute atomic E-state index is 11.1. The summed E-state index contributed by atoms with van der Waals surface area (Å²) in [6.45, 7) is 1.73. The third-order valence-corrected chi connectivity index (χ3v) is 2.92. The fourth-order valence-corrected chi connectivity index (χ4v) is 1.93. The number of anilines is 2. The fraction of sp³-hybridized carbons (Fsp3) is 0.133. The van der Waals surface area contributed by atoms with Crippen LogP contribution in [0.25, 0.3) is 0 Å². The Hall–Kier alpha value is -2.20.